The van der Waals surface area contributed by atoms with E-state index in [1.807, 2.05) is 0 Å². The second-order valence-corrected chi connectivity index (χ2v) is 7.77. The lowest BCUT2D eigenvalue weighted by Gasteiger charge is -2.10. The first-order chi connectivity index (χ1) is 17.8. The van der Waals surface area contributed by atoms with Crippen LogP contribution in [0, 0.1) is 35.0 Å². The van der Waals surface area contributed by atoms with Crippen molar-refractivity contribution in [3.63, 3.8) is 0 Å². The van der Waals surface area contributed by atoms with Crippen LogP contribution in [0.4, 0.5) is 22.0 Å². The van der Waals surface area contributed by atoms with Crippen LogP contribution in [-0.4, -0.2) is 85.3 Å². The predicted molar refractivity (Wildman–Crippen MR) is 121 cm³/mol. The molecule has 1 atom stereocenters. The van der Waals surface area contributed by atoms with Gasteiger partial charge in [-0.05, 0) is 5.92 Å². The minimum Gasteiger partial charge on any atom is -0.420 e. The lowest BCUT2D eigenvalue weighted by molar-refractivity contribution is -0.136. The van der Waals surface area contributed by atoms with Crippen LogP contribution in [0.1, 0.15) is 26.7 Å². The van der Waals surface area contributed by atoms with Gasteiger partial charge in [0.15, 0.2) is 0 Å². The Balaban J connectivity index is 1.91. The van der Waals surface area contributed by atoms with Gasteiger partial charge in [0.05, 0.1) is 79.1 Å². The summed E-state index contributed by atoms with van der Waals surface area (Å²) in [6.45, 7) is 8.54. The molecule has 1 aromatic carbocycles. The van der Waals surface area contributed by atoms with Crippen molar-refractivity contribution in [3.05, 3.63) is 29.1 Å². The molecule has 0 bridgehead atoms. The second-order valence-electron chi connectivity index (χ2n) is 7.77. The third-order valence-electron chi connectivity index (χ3n) is 4.80. The van der Waals surface area contributed by atoms with Gasteiger partial charge < -0.3 is 33.2 Å². The summed E-state index contributed by atoms with van der Waals surface area (Å²) in [5.74, 6) is -13.5. The molecule has 0 amide bonds. The van der Waals surface area contributed by atoms with Crippen molar-refractivity contribution < 1.29 is 59.9 Å². The third kappa shape index (κ3) is 14.0. The predicted octanol–water partition coefficient (Wildman–Crippen LogP) is 3.82. The Bertz CT molecular complexity index is 755. The smallest absolute Gasteiger partial charge is 0.313 e. The number of benzene rings is 1. The maximum Gasteiger partial charge on any atom is 0.313 e. The molecule has 37 heavy (non-hydrogen) atoms. The highest BCUT2D eigenvalue weighted by atomic mass is 19.2. The van der Waals surface area contributed by atoms with E-state index in [4.69, 9.17) is 28.4 Å². The van der Waals surface area contributed by atoms with Crippen LogP contribution in [0.5, 0.6) is 5.75 Å². The summed E-state index contributed by atoms with van der Waals surface area (Å²) in [6.07, 6.45) is 0.616. The van der Waals surface area contributed by atoms with Gasteiger partial charge >= 0.3 is 5.97 Å². The summed E-state index contributed by atoms with van der Waals surface area (Å²) in [5, 5.41) is 0. The summed E-state index contributed by atoms with van der Waals surface area (Å²) in [7, 11) is 0. The monoisotopic (exact) mass is 546 g/mol. The molecule has 0 aromatic heterocycles. The normalized spacial score (nSPS) is 12.2. The standard InChI is InChI=1S/C24H35F5O8/c1-3-17(2)16-36-15-14-35-13-12-34-11-10-33-9-8-32-7-6-31-5-4-18(30)37-24-22(28)20(26)19(25)21(27)23(24)29/h17H,3-16H2,1-2H3. The van der Waals surface area contributed by atoms with Gasteiger partial charge in [-0.2, -0.15) is 8.78 Å². The molecular weight excluding hydrogens is 511 g/mol. The molecule has 214 valence electrons. The first-order valence-electron chi connectivity index (χ1n) is 12.0. The largest absolute Gasteiger partial charge is 0.420 e. The van der Waals surface area contributed by atoms with E-state index in [0.29, 0.717) is 58.8 Å². The van der Waals surface area contributed by atoms with Gasteiger partial charge in [-0.25, -0.2) is 13.2 Å². The molecular formula is C24H35F5O8. The van der Waals surface area contributed by atoms with Gasteiger partial charge in [-0.1, -0.05) is 20.3 Å². The molecule has 0 spiro atoms. The van der Waals surface area contributed by atoms with Gasteiger partial charge in [0.25, 0.3) is 0 Å². The van der Waals surface area contributed by atoms with E-state index in [-0.39, 0.29) is 19.8 Å². The van der Waals surface area contributed by atoms with Gasteiger partial charge in [0.1, 0.15) is 0 Å². The second kappa shape index (κ2) is 20.1. The van der Waals surface area contributed by atoms with Crippen molar-refractivity contribution in [1.82, 2.24) is 0 Å². The van der Waals surface area contributed by atoms with Crippen LogP contribution in [0.25, 0.3) is 0 Å². The zero-order valence-corrected chi connectivity index (χ0v) is 21.1. The highest BCUT2D eigenvalue weighted by molar-refractivity contribution is 5.72. The fourth-order valence-corrected chi connectivity index (χ4v) is 2.50. The molecule has 1 rings (SSSR count). The average molecular weight is 547 g/mol. The number of carbonyl (C=O) groups excluding carboxylic acids is 1. The zero-order valence-electron chi connectivity index (χ0n) is 21.1. The third-order valence-corrected chi connectivity index (χ3v) is 4.80. The maximum atomic E-state index is 13.5. The Hall–Kier alpha value is -1.90. The SMILES string of the molecule is CCC(C)COCCOCCOCCOCCOCCOCCC(=O)Oc1c(F)c(F)c(F)c(F)c1F. The summed E-state index contributed by atoms with van der Waals surface area (Å²) < 4.78 is 102. The van der Waals surface area contributed by atoms with E-state index in [2.05, 4.69) is 18.6 Å². The Kier molecular flexibility index (Phi) is 18.0. The molecule has 0 fully saturated rings. The Morgan fingerprint density at radius 3 is 1.35 bits per heavy atom. The van der Waals surface area contributed by atoms with Crippen LogP contribution in [0.3, 0.4) is 0 Å². The van der Waals surface area contributed by atoms with Gasteiger partial charge in [0, 0.05) is 6.61 Å². The van der Waals surface area contributed by atoms with Crippen LogP contribution >= 0.6 is 0 Å². The van der Waals surface area contributed by atoms with Crippen molar-refractivity contribution in [2.75, 3.05) is 79.3 Å². The van der Waals surface area contributed by atoms with E-state index < -0.39 is 47.2 Å². The van der Waals surface area contributed by atoms with Gasteiger partial charge in [-0.3, -0.25) is 4.79 Å². The number of carbonyl (C=O) groups is 1. The number of esters is 1. The van der Waals surface area contributed by atoms with Crippen molar-refractivity contribution in [2.24, 2.45) is 5.92 Å². The topological polar surface area (TPSA) is 81.7 Å². The minimum absolute atomic E-state index is 0.0988. The maximum absolute atomic E-state index is 13.5. The summed E-state index contributed by atoms with van der Waals surface area (Å²) in [6, 6.07) is 0. The van der Waals surface area contributed by atoms with Crippen LogP contribution in [-0.2, 0) is 33.2 Å². The highest BCUT2D eigenvalue weighted by Gasteiger charge is 2.28. The molecule has 0 heterocycles. The van der Waals surface area contributed by atoms with E-state index in [1.165, 1.54) is 0 Å². The zero-order chi connectivity index (χ0) is 27.5. The van der Waals surface area contributed by atoms with Crippen molar-refractivity contribution in [2.45, 2.75) is 26.7 Å². The molecule has 0 saturated carbocycles. The lowest BCUT2D eigenvalue weighted by Crippen LogP contribution is -2.16. The van der Waals surface area contributed by atoms with Gasteiger partial charge in [-0.15, -0.1) is 0 Å². The van der Waals surface area contributed by atoms with Gasteiger partial charge in [0.2, 0.25) is 34.8 Å². The van der Waals surface area contributed by atoms with E-state index in [9.17, 15) is 26.7 Å². The molecule has 0 saturated heterocycles. The first kappa shape index (κ1) is 33.1. The molecule has 1 unspecified atom stereocenters. The van der Waals surface area contributed by atoms with Crippen molar-refractivity contribution in [3.8, 4) is 5.75 Å². The first-order valence-corrected chi connectivity index (χ1v) is 12.0. The molecule has 0 aliphatic carbocycles. The number of halogens is 5. The Morgan fingerprint density at radius 2 is 0.946 bits per heavy atom. The highest BCUT2D eigenvalue weighted by Crippen LogP contribution is 2.29. The van der Waals surface area contributed by atoms with Crippen LogP contribution < -0.4 is 4.74 Å². The molecule has 8 nitrogen and oxygen atoms in total. The Labute approximate surface area is 213 Å². The quantitative estimate of drug-likeness (QED) is 0.0543. The molecule has 0 aliphatic rings. The van der Waals surface area contributed by atoms with Crippen LogP contribution in [0.15, 0.2) is 0 Å². The molecule has 0 aliphatic heterocycles. The molecule has 0 N–H and O–H groups in total. The minimum atomic E-state index is -2.34. The number of hydrogen-bond donors (Lipinski definition) is 0. The fraction of sp³-hybridized carbons (Fsp3) is 0.708. The molecule has 13 heteroatoms. The van der Waals surface area contributed by atoms with Crippen LogP contribution in [0.2, 0.25) is 0 Å². The summed E-state index contributed by atoms with van der Waals surface area (Å²) >= 11 is 0. The van der Waals surface area contributed by atoms with E-state index in [0.717, 1.165) is 13.0 Å². The summed E-state index contributed by atoms with van der Waals surface area (Å²) in [4.78, 5) is 11.6. The van der Waals surface area contributed by atoms with Crippen molar-refractivity contribution in [1.29, 1.82) is 0 Å². The summed E-state index contributed by atoms with van der Waals surface area (Å²) in [5.41, 5.74) is 0. The van der Waals surface area contributed by atoms with E-state index in [1.54, 1.807) is 0 Å². The lowest BCUT2D eigenvalue weighted by atomic mass is 10.1. The van der Waals surface area contributed by atoms with Crippen molar-refractivity contribution >= 4 is 5.97 Å². The fourth-order valence-electron chi connectivity index (χ4n) is 2.50. The Morgan fingerprint density at radius 1 is 0.595 bits per heavy atom. The number of hydrogen-bond acceptors (Lipinski definition) is 8. The number of rotatable bonds is 22. The number of ether oxygens (including phenoxy) is 7. The molecule has 1 aromatic rings. The average Bonchev–Trinajstić information content (AvgIpc) is 2.89. The van der Waals surface area contributed by atoms with E-state index >= 15 is 0 Å². The molecule has 0 radical (unpaired) electrons.